The largest absolute Gasteiger partial charge is 0.354 e. The van der Waals surface area contributed by atoms with E-state index in [0.29, 0.717) is 11.8 Å². The van der Waals surface area contributed by atoms with Crippen LogP contribution in [0, 0.1) is 0 Å². The van der Waals surface area contributed by atoms with Crippen molar-refractivity contribution in [1.82, 2.24) is 9.97 Å². The molecule has 0 radical (unpaired) electrons. The van der Waals surface area contributed by atoms with E-state index in [1.807, 2.05) is 30.3 Å². The monoisotopic (exact) mass is 420 g/mol. The summed E-state index contributed by atoms with van der Waals surface area (Å²) in [4.78, 5) is 23.1. The number of hydrogen-bond donors (Lipinski definition) is 1. The van der Waals surface area contributed by atoms with Gasteiger partial charge in [-0.1, -0.05) is 27.7 Å². The molecule has 1 N–H and O–H groups in total. The predicted octanol–water partition coefficient (Wildman–Crippen LogP) is 4.35. The number of thioether (sulfide) groups is 1. The molecule has 1 aromatic heterocycles. The van der Waals surface area contributed by atoms with Crippen molar-refractivity contribution in [3.8, 4) is 0 Å². The average Bonchev–Trinajstić information content (AvgIpc) is 2.63. The van der Waals surface area contributed by atoms with Crippen LogP contribution in [-0.2, 0) is 4.79 Å². The molecule has 1 aliphatic heterocycles. The molecule has 0 spiro atoms. The molecule has 1 aromatic carbocycles. The highest BCUT2D eigenvalue weighted by Crippen LogP contribution is 2.25. The summed E-state index contributed by atoms with van der Waals surface area (Å²) in [6.45, 7) is 3.27. The van der Waals surface area contributed by atoms with Gasteiger partial charge in [0.25, 0.3) is 0 Å². The fourth-order valence-corrected chi connectivity index (χ4v) is 3.80. The summed E-state index contributed by atoms with van der Waals surface area (Å²) in [5, 5.41) is 3.72. The van der Waals surface area contributed by atoms with E-state index in [9.17, 15) is 4.79 Å². The van der Waals surface area contributed by atoms with Gasteiger partial charge in [0.15, 0.2) is 0 Å². The molecule has 1 atom stereocenters. The first-order valence-corrected chi connectivity index (χ1v) is 10.2. The van der Waals surface area contributed by atoms with Crippen LogP contribution in [0.15, 0.2) is 46.2 Å². The third-order valence-corrected chi connectivity index (χ3v) is 5.66. The Balaban J connectivity index is 1.56. The summed E-state index contributed by atoms with van der Waals surface area (Å²) in [5.74, 6) is 1.24. The summed E-state index contributed by atoms with van der Waals surface area (Å²) < 4.78 is 0.986. The summed E-state index contributed by atoms with van der Waals surface area (Å²) >= 11 is 4.81. The molecule has 3 rings (SSSR count). The lowest BCUT2D eigenvalue weighted by molar-refractivity contribution is -0.113. The van der Waals surface area contributed by atoms with Crippen LogP contribution in [0.4, 0.5) is 11.5 Å². The molecule has 0 unspecified atom stereocenters. The van der Waals surface area contributed by atoms with Crippen LogP contribution in [0.1, 0.15) is 26.2 Å². The number of carbonyl (C=O) groups excluding carboxylic acids is 1. The van der Waals surface area contributed by atoms with Crippen LogP contribution >= 0.6 is 27.7 Å². The lowest BCUT2D eigenvalue weighted by Crippen LogP contribution is -2.38. The molecule has 0 aliphatic carbocycles. The topological polar surface area (TPSA) is 58.1 Å². The van der Waals surface area contributed by atoms with Crippen molar-refractivity contribution < 1.29 is 4.79 Å². The number of piperidine rings is 1. The number of rotatable bonds is 5. The van der Waals surface area contributed by atoms with E-state index in [4.69, 9.17) is 0 Å². The second-order valence-corrected chi connectivity index (χ2v) is 8.01. The third-order valence-electron chi connectivity index (χ3n) is 4.20. The number of benzene rings is 1. The number of nitrogens with one attached hydrogen (secondary N) is 1. The van der Waals surface area contributed by atoms with Crippen molar-refractivity contribution in [2.75, 3.05) is 22.5 Å². The third kappa shape index (κ3) is 5.19. The van der Waals surface area contributed by atoms with Crippen molar-refractivity contribution in [3.63, 3.8) is 0 Å². The number of nitrogens with zero attached hydrogens (tertiary/aromatic N) is 3. The zero-order chi connectivity index (χ0) is 17.6. The molecule has 5 nitrogen and oxygen atoms in total. The minimum Gasteiger partial charge on any atom is -0.354 e. The van der Waals surface area contributed by atoms with Crippen molar-refractivity contribution in [3.05, 3.63) is 41.1 Å². The molecule has 7 heteroatoms. The first kappa shape index (κ1) is 18.2. The zero-order valence-corrected chi connectivity index (χ0v) is 16.5. The molecule has 1 saturated heterocycles. The number of anilines is 2. The van der Waals surface area contributed by atoms with Crippen LogP contribution in [0.2, 0.25) is 0 Å². The van der Waals surface area contributed by atoms with Crippen molar-refractivity contribution >= 4 is 45.1 Å². The zero-order valence-electron chi connectivity index (χ0n) is 14.1. The first-order valence-electron chi connectivity index (χ1n) is 8.39. The molecule has 132 valence electrons. The number of halogens is 1. The standard InChI is InChI=1S/C18H21BrN4OS/c1-13-4-2-3-9-23(13)16-10-18(21-12-20-16)25-11-17(24)22-15-7-5-14(19)6-8-15/h5-8,10,12-13H,2-4,9,11H2,1H3,(H,22,24)/t13-/m1/s1. The van der Waals surface area contributed by atoms with Crippen LogP contribution in [0.3, 0.4) is 0 Å². The fraction of sp³-hybridized carbons (Fsp3) is 0.389. The second-order valence-electron chi connectivity index (χ2n) is 6.10. The van der Waals surface area contributed by atoms with E-state index >= 15 is 0 Å². The maximum absolute atomic E-state index is 12.1. The Bertz CT molecular complexity index is 725. The highest BCUT2D eigenvalue weighted by molar-refractivity contribution is 9.10. The Morgan fingerprint density at radius 2 is 2.12 bits per heavy atom. The second kappa shape index (κ2) is 8.67. The highest BCUT2D eigenvalue weighted by Gasteiger charge is 2.20. The molecule has 2 heterocycles. The fourth-order valence-electron chi connectivity index (χ4n) is 2.87. The Hall–Kier alpha value is -1.60. The van der Waals surface area contributed by atoms with Crippen molar-refractivity contribution in [2.45, 2.75) is 37.3 Å². The van der Waals surface area contributed by atoms with E-state index in [2.05, 4.69) is 43.0 Å². The average molecular weight is 421 g/mol. The normalized spacial score (nSPS) is 17.4. The Morgan fingerprint density at radius 3 is 2.88 bits per heavy atom. The van der Waals surface area contributed by atoms with Gasteiger partial charge in [-0.2, -0.15) is 0 Å². The van der Waals surface area contributed by atoms with Gasteiger partial charge >= 0.3 is 0 Å². The van der Waals surface area contributed by atoms with Crippen LogP contribution in [0.25, 0.3) is 0 Å². The van der Waals surface area contributed by atoms with Gasteiger partial charge in [0.1, 0.15) is 17.2 Å². The minimum absolute atomic E-state index is 0.0428. The van der Waals surface area contributed by atoms with E-state index < -0.39 is 0 Å². The number of amides is 1. The van der Waals surface area contributed by atoms with Gasteiger partial charge in [0.2, 0.25) is 5.91 Å². The predicted molar refractivity (Wildman–Crippen MR) is 106 cm³/mol. The highest BCUT2D eigenvalue weighted by atomic mass is 79.9. The van der Waals surface area contributed by atoms with Gasteiger partial charge in [-0.25, -0.2) is 9.97 Å². The van der Waals surface area contributed by atoms with Gasteiger partial charge in [-0.15, -0.1) is 0 Å². The Labute approximate surface area is 160 Å². The quantitative estimate of drug-likeness (QED) is 0.575. The van der Waals surface area contributed by atoms with E-state index in [-0.39, 0.29) is 5.91 Å². The summed E-state index contributed by atoms with van der Waals surface area (Å²) in [5.41, 5.74) is 0.791. The number of aromatic nitrogens is 2. The Kier molecular flexibility index (Phi) is 6.31. The van der Waals surface area contributed by atoms with E-state index in [1.54, 1.807) is 6.33 Å². The van der Waals surface area contributed by atoms with Gasteiger partial charge in [-0.05, 0) is 50.5 Å². The summed E-state index contributed by atoms with van der Waals surface area (Å²) in [7, 11) is 0. The molecule has 1 aliphatic rings. The lowest BCUT2D eigenvalue weighted by atomic mass is 10.0. The molecular weight excluding hydrogens is 400 g/mol. The molecule has 1 fully saturated rings. The summed E-state index contributed by atoms with van der Waals surface area (Å²) in [6, 6.07) is 10.0. The maximum Gasteiger partial charge on any atom is 0.234 e. The van der Waals surface area contributed by atoms with Crippen LogP contribution in [0.5, 0.6) is 0 Å². The van der Waals surface area contributed by atoms with E-state index in [0.717, 1.165) is 27.5 Å². The molecule has 0 saturated carbocycles. The smallest absolute Gasteiger partial charge is 0.234 e. The molecule has 2 aromatic rings. The van der Waals surface area contributed by atoms with Crippen LogP contribution in [-0.4, -0.2) is 34.2 Å². The minimum atomic E-state index is -0.0428. The van der Waals surface area contributed by atoms with Crippen molar-refractivity contribution in [2.24, 2.45) is 0 Å². The molecule has 0 bridgehead atoms. The van der Waals surface area contributed by atoms with Gasteiger partial charge in [0.05, 0.1) is 5.75 Å². The van der Waals surface area contributed by atoms with E-state index in [1.165, 1.54) is 31.0 Å². The Morgan fingerprint density at radius 1 is 1.32 bits per heavy atom. The van der Waals surface area contributed by atoms with Crippen LogP contribution < -0.4 is 10.2 Å². The first-order chi connectivity index (χ1) is 12.1. The molecule has 25 heavy (non-hydrogen) atoms. The van der Waals surface area contributed by atoms with Gasteiger partial charge in [0, 0.05) is 28.8 Å². The van der Waals surface area contributed by atoms with Crippen molar-refractivity contribution in [1.29, 1.82) is 0 Å². The lowest BCUT2D eigenvalue weighted by Gasteiger charge is -2.34. The number of hydrogen-bond acceptors (Lipinski definition) is 5. The maximum atomic E-state index is 12.1. The molecular formula is C18H21BrN4OS. The molecule has 1 amide bonds. The van der Waals surface area contributed by atoms with Gasteiger partial charge in [-0.3, -0.25) is 4.79 Å². The summed E-state index contributed by atoms with van der Waals surface area (Å²) in [6.07, 6.45) is 5.26. The van der Waals surface area contributed by atoms with Gasteiger partial charge < -0.3 is 10.2 Å². The number of carbonyl (C=O) groups is 1. The SMILES string of the molecule is C[C@@H]1CCCCN1c1cc(SCC(=O)Nc2ccc(Br)cc2)ncn1.